The van der Waals surface area contributed by atoms with Gasteiger partial charge >= 0.3 is 13.3 Å². The lowest BCUT2D eigenvalue weighted by Gasteiger charge is -2.24. The molecule has 1 rings (SSSR count). The smallest absolute Gasteiger partial charge is 0.330 e. The number of aryl methyl sites for hydroxylation is 1. The van der Waals surface area contributed by atoms with E-state index >= 15 is 0 Å². The van der Waals surface area contributed by atoms with E-state index < -0.39 is 50.6 Å². The van der Waals surface area contributed by atoms with Crippen LogP contribution >= 0.6 is 7.60 Å². The maximum atomic E-state index is 11.6. The molecule has 0 aliphatic rings. The van der Waals surface area contributed by atoms with Gasteiger partial charge in [0.05, 0.1) is 25.5 Å². The summed E-state index contributed by atoms with van der Waals surface area (Å²) in [5.74, 6) is 0. The number of ether oxygens (including phenoxy) is 1. The van der Waals surface area contributed by atoms with Gasteiger partial charge in [-0.3, -0.25) is 18.9 Å². The zero-order chi connectivity index (χ0) is 16.2. The number of nitrogens with zero attached hydrogens (tertiary/aromatic N) is 1. The average Bonchev–Trinajstić information content (AvgIpc) is 2.37. The number of hydrogen-bond donors (Lipinski definition) is 5. The summed E-state index contributed by atoms with van der Waals surface area (Å²) in [6.07, 6.45) is -2.19. The Kier molecular flexibility index (Phi) is 6.02. The van der Waals surface area contributed by atoms with Crippen LogP contribution in [0.4, 0.5) is 0 Å². The van der Waals surface area contributed by atoms with Crippen LogP contribution in [0.2, 0.25) is 0 Å². The number of aliphatic hydroxyl groups excluding tert-OH is 2. The lowest BCUT2D eigenvalue weighted by molar-refractivity contribution is -0.0907. The van der Waals surface area contributed by atoms with Gasteiger partial charge < -0.3 is 24.7 Å². The van der Waals surface area contributed by atoms with Crippen molar-refractivity contribution in [2.24, 2.45) is 0 Å². The summed E-state index contributed by atoms with van der Waals surface area (Å²) >= 11 is 0. The third-order valence-corrected chi connectivity index (χ3v) is 3.49. The Morgan fingerprint density at radius 2 is 1.95 bits per heavy atom. The van der Waals surface area contributed by atoms with Crippen LogP contribution < -0.4 is 11.2 Å². The van der Waals surface area contributed by atoms with Crippen molar-refractivity contribution < 1.29 is 29.3 Å². The van der Waals surface area contributed by atoms with Crippen LogP contribution in [-0.2, 0) is 9.30 Å². The summed E-state index contributed by atoms with van der Waals surface area (Å²) < 4.78 is 16.9. The molecule has 5 N–H and O–H groups in total. The second-order valence-electron chi connectivity index (χ2n) is 4.40. The fraction of sp³-hybridized carbons (Fsp3) is 0.600. The number of H-pyrrole nitrogens is 1. The molecule has 1 aromatic heterocycles. The standard InChI is InChI=1S/C10H17N2O8P/c1-6-2-12(10(16)11-9(6)15)8(4-14)20-7(3-13)5-21(17,18)19/h2,7-8,13-14H,3-5H2,1H3,(H,11,15,16)(H2,17,18,19). The summed E-state index contributed by atoms with van der Waals surface area (Å²) in [4.78, 5) is 42.6. The topological polar surface area (TPSA) is 162 Å². The number of rotatable bonds is 7. The minimum atomic E-state index is -4.44. The van der Waals surface area contributed by atoms with E-state index in [1.165, 1.54) is 6.92 Å². The third-order valence-electron chi connectivity index (χ3n) is 2.61. The van der Waals surface area contributed by atoms with Crippen LogP contribution in [0.25, 0.3) is 0 Å². The molecule has 2 unspecified atom stereocenters. The zero-order valence-corrected chi connectivity index (χ0v) is 12.1. The first-order chi connectivity index (χ1) is 9.67. The second kappa shape index (κ2) is 7.12. The molecule has 21 heavy (non-hydrogen) atoms. The lowest BCUT2D eigenvalue weighted by Crippen LogP contribution is -2.38. The number of hydrogen-bond acceptors (Lipinski definition) is 6. The van der Waals surface area contributed by atoms with Gasteiger partial charge in [0, 0.05) is 11.8 Å². The van der Waals surface area contributed by atoms with E-state index in [0.717, 1.165) is 10.8 Å². The van der Waals surface area contributed by atoms with Crippen molar-refractivity contribution in [3.63, 3.8) is 0 Å². The van der Waals surface area contributed by atoms with Gasteiger partial charge in [0.1, 0.15) is 0 Å². The van der Waals surface area contributed by atoms with E-state index in [-0.39, 0.29) is 5.56 Å². The van der Waals surface area contributed by atoms with Gasteiger partial charge in [-0.1, -0.05) is 0 Å². The molecule has 10 nitrogen and oxygen atoms in total. The minimum Gasteiger partial charge on any atom is -0.394 e. The van der Waals surface area contributed by atoms with Gasteiger partial charge in [0.2, 0.25) is 0 Å². The van der Waals surface area contributed by atoms with Crippen molar-refractivity contribution in [3.8, 4) is 0 Å². The summed E-state index contributed by atoms with van der Waals surface area (Å²) in [5.41, 5.74) is -1.26. The Balaban J connectivity index is 3.03. The molecule has 1 heterocycles. The molecule has 0 bridgehead atoms. The molecule has 0 saturated carbocycles. The summed E-state index contributed by atoms with van der Waals surface area (Å²) in [7, 11) is -4.44. The van der Waals surface area contributed by atoms with Gasteiger partial charge in [-0.15, -0.1) is 0 Å². The lowest BCUT2D eigenvalue weighted by atomic mass is 10.3. The van der Waals surface area contributed by atoms with Crippen molar-refractivity contribution in [2.75, 3.05) is 19.4 Å². The quantitative estimate of drug-likeness (QED) is 0.356. The third kappa shape index (κ3) is 5.20. The predicted molar refractivity (Wildman–Crippen MR) is 71.1 cm³/mol. The van der Waals surface area contributed by atoms with Crippen LogP contribution in [0.5, 0.6) is 0 Å². The second-order valence-corrected chi connectivity index (χ2v) is 6.10. The van der Waals surface area contributed by atoms with Crippen molar-refractivity contribution in [1.29, 1.82) is 0 Å². The molecule has 1 aromatic rings. The van der Waals surface area contributed by atoms with Gasteiger partial charge in [-0.2, -0.15) is 0 Å². The first-order valence-corrected chi connectivity index (χ1v) is 7.71. The van der Waals surface area contributed by atoms with Crippen LogP contribution in [0.1, 0.15) is 11.8 Å². The minimum absolute atomic E-state index is 0.187. The van der Waals surface area contributed by atoms with Crippen molar-refractivity contribution in [1.82, 2.24) is 9.55 Å². The fourth-order valence-corrected chi connectivity index (χ4v) is 2.36. The van der Waals surface area contributed by atoms with Crippen LogP contribution in [0, 0.1) is 6.92 Å². The molecular weight excluding hydrogens is 307 g/mol. The molecule has 11 heteroatoms. The number of aliphatic hydroxyl groups is 2. The van der Waals surface area contributed by atoms with Crippen molar-refractivity contribution in [2.45, 2.75) is 19.3 Å². The van der Waals surface area contributed by atoms with E-state index in [9.17, 15) is 19.3 Å². The number of nitrogens with one attached hydrogen (secondary N) is 1. The highest BCUT2D eigenvalue weighted by molar-refractivity contribution is 7.51. The van der Waals surface area contributed by atoms with E-state index in [1.807, 2.05) is 4.98 Å². The number of aromatic amines is 1. The maximum absolute atomic E-state index is 11.6. The van der Waals surface area contributed by atoms with Crippen molar-refractivity contribution >= 4 is 7.60 Å². The average molecular weight is 324 g/mol. The SMILES string of the molecule is Cc1cn(C(CO)OC(CO)CP(=O)(O)O)c(=O)[nH]c1=O. The van der Waals surface area contributed by atoms with E-state index in [1.54, 1.807) is 0 Å². The molecule has 2 atom stereocenters. The molecular formula is C10H17N2O8P. The fourth-order valence-electron chi connectivity index (χ4n) is 1.63. The maximum Gasteiger partial charge on any atom is 0.330 e. The molecule has 120 valence electrons. The molecule has 0 spiro atoms. The molecule has 0 aromatic carbocycles. The van der Waals surface area contributed by atoms with Gasteiger partial charge in [0.15, 0.2) is 6.23 Å². The highest BCUT2D eigenvalue weighted by atomic mass is 31.2. The Bertz CT molecular complexity index is 633. The molecule has 0 radical (unpaired) electrons. The Morgan fingerprint density at radius 3 is 2.43 bits per heavy atom. The predicted octanol–water partition coefficient (Wildman–Crippen LogP) is -2.11. The molecule has 0 aliphatic heterocycles. The van der Waals surface area contributed by atoms with Crippen molar-refractivity contribution in [3.05, 3.63) is 32.6 Å². The molecule has 0 saturated heterocycles. The summed E-state index contributed by atoms with van der Waals surface area (Å²) in [6, 6.07) is 0. The Hall–Kier alpha value is -1.29. The highest BCUT2D eigenvalue weighted by Gasteiger charge is 2.25. The van der Waals surface area contributed by atoms with Gasteiger partial charge in [-0.25, -0.2) is 4.79 Å². The van der Waals surface area contributed by atoms with Gasteiger partial charge in [-0.05, 0) is 6.92 Å². The van der Waals surface area contributed by atoms with E-state index in [4.69, 9.17) is 19.6 Å². The summed E-state index contributed by atoms with van der Waals surface area (Å²) in [5, 5.41) is 18.3. The van der Waals surface area contributed by atoms with E-state index in [0.29, 0.717) is 0 Å². The first kappa shape index (κ1) is 17.8. The van der Waals surface area contributed by atoms with Gasteiger partial charge in [0.25, 0.3) is 5.56 Å². The first-order valence-electron chi connectivity index (χ1n) is 5.91. The normalized spacial score (nSPS) is 14.9. The van der Waals surface area contributed by atoms with Crippen LogP contribution in [0.3, 0.4) is 0 Å². The Morgan fingerprint density at radius 1 is 1.33 bits per heavy atom. The largest absolute Gasteiger partial charge is 0.394 e. The van der Waals surface area contributed by atoms with E-state index in [2.05, 4.69) is 0 Å². The highest BCUT2D eigenvalue weighted by Crippen LogP contribution is 2.36. The Labute approximate surface area is 118 Å². The number of aromatic nitrogens is 2. The monoisotopic (exact) mass is 324 g/mol. The summed E-state index contributed by atoms with van der Waals surface area (Å²) in [6.45, 7) is 0.0319. The van der Waals surface area contributed by atoms with Crippen LogP contribution in [0.15, 0.2) is 15.8 Å². The molecule has 0 fully saturated rings. The zero-order valence-electron chi connectivity index (χ0n) is 11.2. The van der Waals surface area contributed by atoms with Crippen LogP contribution in [-0.4, -0.2) is 55.0 Å². The molecule has 0 amide bonds. The molecule has 0 aliphatic carbocycles.